The summed E-state index contributed by atoms with van der Waals surface area (Å²) in [6.45, 7) is 4.65. The first-order chi connectivity index (χ1) is 8.13. The highest BCUT2D eigenvalue weighted by atomic mass is 16.5. The van der Waals surface area contributed by atoms with Crippen molar-refractivity contribution in [3.63, 3.8) is 0 Å². The van der Waals surface area contributed by atoms with Crippen molar-refractivity contribution in [1.29, 1.82) is 0 Å². The summed E-state index contributed by atoms with van der Waals surface area (Å²) >= 11 is 0. The van der Waals surface area contributed by atoms with Gasteiger partial charge in [-0.05, 0) is 26.7 Å². The topological polar surface area (TPSA) is 55.3 Å². The first-order valence-electron chi connectivity index (χ1n) is 5.78. The SMILES string of the molecule is COC(=O)C1CCCN1c1nc(C)cnc1C. The smallest absolute Gasteiger partial charge is 0.328 e. The zero-order chi connectivity index (χ0) is 12.4. The standard InChI is InChI=1S/C12H17N3O2/c1-8-7-13-9(2)11(14-8)15-6-4-5-10(15)12(16)17-3/h7,10H,4-6H2,1-3H3. The number of aryl methyl sites for hydroxylation is 2. The van der Waals surface area contributed by atoms with Gasteiger partial charge in [-0.25, -0.2) is 9.78 Å². The van der Waals surface area contributed by atoms with Gasteiger partial charge < -0.3 is 9.64 Å². The van der Waals surface area contributed by atoms with Crippen LogP contribution in [-0.4, -0.2) is 35.6 Å². The molecule has 0 aliphatic carbocycles. The highest BCUT2D eigenvalue weighted by molar-refractivity contribution is 5.80. The van der Waals surface area contributed by atoms with Crippen LogP contribution in [0.3, 0.4) is 0 Å². The molecule has 1 aliphatic heterocycles. The molecule has 0 radical (unpaired) electrons. The normalized spacial score (nSPS) is 19.5. The molecule has 2 rings (SSSR count). The lowest BCUT2D eigenvalue weighted by Crippen LogP contribution is -2.38. The highest BCUT2D eigenvalue weighted by Gasteiger charge is 2.33. The Morgan fingerprint density at radius 2 is 2.29 bits per heavy atom. The number of hydrogen-bond donors (Lipinski definition) is 0. The third kappa shape index (κ3) is 2.23. The summed E-state index contributed by atoms with van der Waals surface area (Å²) in [5, 5.41) is 0. The zero-order valence-corrected chi connectivity index (χ0v) is 10.4. The molecule has 0 bridgehead atoms. The molecule has 5 nitrogen and oxygen atoms in total. The van der Waals surface area contributed by atoms with Gasteiger partial charge in [-0.15, -0.1) is 0 Å². The van der Waals surface area contributed by atoms with Crippen LogP contribution in [0.5, 0.6) is 0 Å². The Morgan fingerprint density at radius 3 is 3.00 bits per heavy atom. The minimum Gasteiger partial charge on any atom is -0.467 e. The molecule has 1 fully saturated rings. The second kappa shape index (κ2) is 4.69. The van der Waals surface area contributed by atoms with Crippen LogP contribution in [0.25, 0.3) is 0 Å². The number of nitrogens with zero attached hydrogens (tertiary/aromatic N) is 3. The summed E-state index contributed by atoms with van der Waals surface area (Å²) in [5.74, 6) is 0.614. The molecule has 0 N–H and O–H groups in total. The van der Waals surface area contributed by atoms with E-state index in [1.807, 2.05) is 18.7 Å². The summed E-state index contributed by atoms with van der Waals surface area (Å²) in [7, 11) is 1.42. The minimum absolute atomic E-state index is 0.190. The fraction of sp³-hybridized carbons (Fsp3) is 0.583. The van der Waals surface area contributed by atoms with E-state index in [1.54, 1.807) is 6.20 Å². The minimum atomic E-state index is -0.213. The predicted molar refractivity (Wildman–Crippen MR) is 63.9 cm³/mol. The average Bonchev–Trinajstić information content (AvgIpc) is 2.80. The van der Waals surface area contributed by atoms with Crippen LogP contribution in [0.15, 0.2) is 6.20 Å². The van der Waals surface area contributed by atoms with Gasteiger partial charge in [0.25, 0.3) is 0 Å². The Balaban J connectivity index is 2.32. The van der Waals surface area contributed by atoms with Gasteiger partial charge >= 0.3 is 5.97 Å². The van der Waals surface area contributed by atoms with E-state index < -0.39 is 0 Å². The van der Waals surface area contributed by atoms with Gasteiger partial charge in [-0.2, -0.15) is 0 Å². The number of carbonyl (C=O) groups excluding carboxylic acids is 1. The van der Waals surface area contributed by atoms with Crippen LogP contribution in [0.1, 0.15) is 24.2 Å². The number of anilines is 1. The van der Waals surface area contributed by atoms with E-state index in [1.165, 1.54) is 7.11 Å². The average molecular weight is 235 g/mol. The van der Waals surface area contributed by atoms with E-state index in [9.17, 15) is 4.79 Å². The van der Waals surface area contributed by atoms with Crippen LogP contribution in [0.2, 0.25) is 0 Å². The van der Waals surface area contributed by atoms with Crippen molar-refractivity contribution in [3.8, 4) is 0 Å². The first-order valence-corrected chi connectivity index (χ1v) is 5.78. The van der Waals surface area contributed by atoms with Gasteiger partial charge in [0.15, 0.2) is 5.82 Å². The fourth-order valence-corrected chi connectivity index (χ4v) is 2.20. The Labute approximate surface area is 101 Å². The zero-order valence-electron chi connectivity index (χ0n) is 10.4. The number of esters is 1. The maximum atomic E-state index is 11.7. The van der Waals surface area contributed by atoms with Gasteiger partial charge in [-0.3, -0.25) is 4.98 Å². The lowest BCUT2D eigenvalue weighted by Gasteiger charge is -2.24. The molecule has 0 saturated carbocycles. The van der Waals surface area contributed by atoms with Crippen molar-refractivity contribution < 1.29 is 9.53 Å². The second-order valence-corrected chi connectivity index (χ2v) is 4.29. The van der Waals surface area contributed by atoms with Crippen LogP contribution < -0.4 is 4.90 Å². The van der Waals surface area contributed by atoms with Crippen molar-refractivity contribution >= 4 is 11.8 Å². The number of rotatable bonds is 2. The van der Waals surface area contributed by atoms with Crippen molar-refractivity contribution in [1.82, 2.24) is 9.97 Å². The molecular formula is C12H17N3O2. The van der Waals surface area contributed by atoms with E-state index >= 15 is 0 Å². The predicted octanol–water partition coefficient (Wildman–Crippen LogP) is 1.24. The van der Waals surface area contributed by atoms with Crippen LogP contribution in [-0.2, 0) is 9.53 Å². The van der Waals surface area contributed by atoms with E-state index in [-0.39, 0.29) is 12.0 Å². The number of aromatic nitrogens is 2. The first kappa shape index (κ1) is 11.8. The summed E-state index contributed by atoms with van der Waals surface area (Å²) in [4.78, 5) is 22.4. The van der Waals surface area contributed by atoms with Gasteiger partial charge in [0.1, 0.15) is 6.04 Å². The van der Waals surface area contributed by atoms with E-state index in [2.05, 4.69) is 9.97 Å². The summed E-state index contributed by atoms with van der Waals surface area (Å²) < 4.78 is 4.83. The fourth-order valence-electron chi connectivity index (χ4n) is 2.20. The summed E-state index contributed by atoms with van der Waals surface area (Å²) in [5.41, 5.74) is 1.72. The van der Waals surface area contributed by atoms with Crippen LogP contribution in [0.4, 0.5) is 5.82 Å². The quantitative estimate of drug-likeness (QED) is 0.722. The van der Waals surface area contributed by atoms with Gasteiger partial charge in [-0.1, -0.05) is 0 Å². The third-order valence-corrected chi connectivity index (χ3v) is 3.05. The molecule has 1 aliphatic rings. The second-order valence-electron chi connectivity index (χ2n) is 4.29. The molecule has 0 spiro atoms. The Bertz CT molecular complexity index is 434. The maximum Gasteiger partial charge on any atom is 0.328 e. The Morgan fingerprint density at radius 1 is 1.53 bits per heavy atom. The molecule has 1 aromatic rings. The molecule has 5 heteroatoms. The Kier molecular flexibility index (Phi) is 3.26. The van der Waals surface area contributed by atoms with E-state index in [0.29, 0.717) is 0 Å². The third-order valence-electron chi connectivity index (χ3n) is 3.05. The van der Waals surface area contributed by atoms with E-state index in [0.717, 1.165) is 36.6 Å². The molecule has 1 unspecified atom stereocenters. The molecule has 92 valence electrons. The lowest BCUT2D eigenvalue weighted by molar-refractivity contribution is -0.141. The molecule has 1 aromatic heterocycles. The molecule has 0 amide bonds. The summed E-state index contributed by atoms with van der Waals surface area (Å²) in [6.07, 6.45) is 3.54. The van der Waals surface area contributed by atoms with Crippen LogP contribution >= 0.6 is 0 Å². The van der Waals surface area contributed by atoms with Crippen molar-refractivity contribution in [2.45, 2.75) is 32.7 Å². The van der Waals surface area contributed by atoms with Crippen molar-refractivity contribution in [2.24, 2.45) is 0 Å². The number of methoxy groups -OCH3 is 1. The molecule has 0 aromatic carbocycles. The molecule has 1 saturated heterocycles. The van der Waals surface area contributed by atoms with Crippen molar-refractivity contribution in [2.75, 3.05) is 18.6 Å². The van der Waals surface area contributed by atoms with E-state index in [4.69, 9.17) is 4.74 Å². The van der Waals surface area contributed by atoms with Crippen molar-refractivity contribution in [3.05, 3.63) is 17.6 Å². The number of hydrogen-bond acceptors (Lipinski definition) is 5. The molecule has 1 atom stereocenters. The monoisotopic (exact) mass is 235 g/mol. The number of carbonyl (C=O) groups is 1. The number of ether oxygens (including phenoxy) is 1. The van der Waals surface area contributed by atoms with Crippen LogP contribution in [0, 0.1) is 13.8 Å². The van der Waals surface area contributed by atoms with Gasteiger partial charge in [0, 0.05) is 12.7 Å². The molecular weight excluding hydrogens is 218 g/mol. The molecule has 2 heterocycles. The summed E-state index contributed by atoms with van der Waals surface area (Å²) in [6, 6.07) is -0.213. The molecule has 17 heavy (non-hydrogen) atoms. The Hall–Kier alpha value is -1.65. The van der Waals surface area contributed by atoms with Gasteiger partial charge in [0.2, 0.25) is 0 Å². The largest absolute Gasteiger partial charge is 0.467 e. The maximum absolute atomic E-state index is 11.7. The van der Waals surface area contributed by atoms with Gasteiger partial charge in [0.05, 0.1) is 18.5 Å². The highest BCUT2D eigenvalue weighted by Crippen LogP contribution is 2.26. The lowest BCUT2D eigenvalue weighted by atomic mass is 10.2.